The van der Waals surface area contributed by atoms with Crippen molar-refractivity contribution in [2.75, 3.05) is 25.0 Å². The van der Waals surface area contributed by atoms with Crippen LogP contribution in [0.3, 0.4) is 0 Å². The van der Waals surface area contributed by atoms with Gasteiger partial charge in [0.2, 0.25) is 5.91 Å². The van der Waals surface area contributed by atoms with Crippen LogP contribution in [-0.4, -0.2) is 37.1 Å². The second-order valence-electron chi connectivity index (χ2n) is 4.84. The molecule has 2 N–H and O–H groups in total. The molecule has 1 aromatic rings. The van der Waals surface area contributed by atoms with Crippen LogP contribution in [0.5, 0.6) is 0 Å². The van der Waals surface area contributed by atoms with Gasteiger partial charge < -0.3 is 15.3 Å². The molecule has 1 aliphatic heterocycles. The summed E-state index contributed by atoms with van der Waals surface area (Å²) in [5, 5.41) is 11.9. The zero-order valence-corrected chi connectivity index (χ0v) is 12.0. The molecule has 1 fully saturated rings. The van der Waals surface area contributed by atoms with Crippen molar-refractivity contribution in [3.8, 4) is 0 Å². The second-order valence-corrected chi connectivity index (χ2v) is 5.25. The van der Waals surface area contributed by atoms with Crippen LogP contribution in [0.1, 0.15) is 23.2 Å². The summed E-state index contributed by atoms with van der Waals surface area (Å²) in [6.07, 6.45) is 1.58. The lowest BCUT2D eigenvalue weighted by molar-refractivity contribution is -0.125. The summed E-state index contributed by atoms with van der Waals surface area (Å²) < 4.78 is 0. The van der Waals surface area contributed by atoms with Gasteiger partial charge in [-0.1, -0.05) is 11.6 Å². The first-order valence-corrected chi connectivity index (χ1v) is 6.90. The summed E-state index contributed by atoms with van der Waals surface area (Å²) in [5.41, 5.74) is 1.01. The number of nitrogens with zero attached hydrogens (tertiary/aromatic N) is 1. The highest BCUT2D eigenvalue weighted by Crippen LogP contribution is 2.27. The average Bonchev–Trinajstić information content (AvgIpc) is 2.46. The minimum atomic E-state index is -1.03. The van der Waals surface area contributed by atoms with Crippen molar-refractivity contribution in [2.24, 2.45) is 5.92 Å². The fourth-order valence-electron chi connectivity index (χ4n) is 2.48. The molecule has 6 heteroatoms. The molecule has 1 amide bonds. The minimum absolute atomic E-state index is 0.0602. The van der Waals surface area contributed by atoms with Gasteiger partial charge in [-0.05, 0) is 31.0 Å². The number of halogens is 1. The zero-order chi connectivity index (χ0) is 14.7. The van der Waals surface area contributed by atoms with Gasteiger partial charge in [0.1, 0.15) is 0 Å². The Morgan fingerprint density at radius 3 is 2.50 bits per heavy atom. The number of carbonyl (C=O) groups excluding carboxylic acids is 1. The highest BCUT2D eigenvalue weighted by atomic mass is 35.5. The maximum absolute atomic E-state index is 11.6. The van der Waals surface area contributed by atoms with Crippen molar-refractivity contribution in [3.05, 3.63) is 28.8 Å². The molecule has 2 rings (SSSR count). The Morgan fingerprint density at radius 2 is 2.00 bits per heavy atom. The average molecular weight is 297 g/mol. The molecule has 0 saturated carbocycles. The van der Waals surface area contributed by atoms with E-state index < -0.39 is 5.97 Å². The summed E-state index contributed by atoms with van der Waals surface area (Å²) in [5.74, 6) is -0.881. The number of carboxylic acids is 1. The van der Waals surface area contributed by atoms with E-state index >= 15 is 0 Å². The maximum atomic E-state index is 11.6. The van der Waals surface area contributed by atoms with Gasteiger partial charge in [-0.15, -0.1) is 0 Å². The van der Waals surface area contributed by atoms with E-state index in [1.807, 2.05) is 0 Å². The Kier molecular flexibility index (Phi) is 4.49. The molecule has 1 heterocycles. The number of carboxylic acid groups (broad SMARTS) is 1. The zero-order valence-electron chi connectivity index (χ0n) is 11.2. The Morgan fingerprint density at radius 1 is 1.35 bits per heavy atom. The first-order valence-electron chi connectivity index (χ1n) is 6.52. The number of anilines is 1. The number of nitrogens with one attached hydrogen (secondary N) is 1. The molecule has 0 aliphatic carbocycles. The Bertz CT molecular complexity index is 525. The molecule has 1 saturated heterocycles. The predicted molar refractivity (Wildman–Crippen MR) is 77.4 cm³/mol. The van der Waals surface area contributed by atoms with Crippen LogP contribution in [0.4, 0.5) is 5.69 Å². The number of rotatable bonds is 3. The number of hydrogen-bond donors (Lipinski definition) is 2. The van der Waals surface area contributed by atoms with Crippen LogP contribution in [0.25, 0.3) is 0 Å². The van der Waals surface area contributed by atoms with Crippen LogP contribution in [-0.2, 0) is 4.79 Å². The monoisotopic (exact) mass is 296 g/mol. The third kappa shape index (κ3) is 3.04. The van der Waals surface area contributed by atoms with Gasteiger partial charge in [0.05, 0.1) is 10.6 Å². The van der Waals surface area contributed by atoms with Gasteiger partial charge in [0.15, 0.2) is 0 Å². The van der Waals surface area contributed by atoms with Crippen molar-refractivity contribution in [1.82, 2.24) is 5.32 Å². The molecule has 1 aromatic carbocycles. The van der Waals surface area contributed by atoms with Crippen LogP contribution in [0.2, 0.25) is 5.02 Å². The molecule has 0 atom stereocenters. The molecule has 0 spiro atoms. The van der Waals surface area contributed by atoms with Crippen LogP contribution >= 0.6 is 11.6 Å². The summed E-state index contributed by atoms with van der Waals surface area (Å²) in [7, 11) is 1.65. The molecule has 108 valence electrons. The summed E-state index contributed by atoms with van der Waals surface area (Å²) >= 11 is 5.97. The van der Waals surface area contributed by atoms with E-state index in [1.54, 1.807) is 19.2 Å². The van der Waals surface area contributed by atoms with Crippen molar-refractivity contribution in [3.63, 3.8) is 0 Å². The molecule has 5 nitrogen and oxygen atoms in total. The Balaban J connectivity index is 2.06. The number of piperidine rings is 1. The molecule has 0 radical (unpaired) electrons. The third-order valence-electron chi connectivity index (χ3n) is 3.66. The van der Waals surface area contributed by atoms with Gasteiger partial charge in [0, 0.05) is 31.7 Å². The fourth-order valence-corrected chi connectivity index (χ4v) is 2.73. The number of hydrogen-bond acceptors (Lipinski definition) is 3. The van der Waals surface area contributed by atoms with Crippen molar-refractivity contribution in [2.45, 2.75) is 12.8 Å². The highest BCUT2D eigenvalue weighted by molar-refractivity contribution is 6.33. The number of benzene rings is 1. The lowest BCUT2D eigenvalue weighted by atomic mass is 9.95. The van der Waals surface area contributed by atoms with Crippen molar-refractivity contribution >= 4 is 29.2 Å². The van der Waals surface area contributed by atoms with E-state index in [0.29, 0.717) is 0 Å². The van der Waals surface area contributed by atoms with E-state index in [0.717, 1.165) is 31.6 Å². The fraction of sp³-hybridized carbons (Fsp3) is 0.429. The van der Waals surface area contributed by atoms with Crippen LogP contribution in [0, 0.1) is 5.92 Å². The van der Waals surface area contributed by atoms with Crippen LogP contribution in [0.15, 0.2) is 18.2 Å². The molecule has 0 bridgehead atoms. The summed E-state index contributed by atoms with van der Waals surface area (Å²) in [6, 6.07) is 4.95. The first kappa shape index (κ1) is 14.7. The summed E-state index contributed by atoms with van der Waals surface area (Å²) in [4.78, 5) is 24.6. The molecule has 0 aromatic heterocycles. The topological polar surface area (TPSA) is 69.6 Å². The molecule has 1 aliphatic rings. The van der Waals surface area contributed by atoms with Gasteiger partial charge in [0.25, 0.3) is 0 Å². The molecule has 20 heavy (non-hydrogen) atoms. The molecule has 0 unspecified atom stereocenters. The second kappa shape index (κ2) is 6.13. The van der Waals surface area contributed by atoms with E-state index in [9.17, 15) is 9.59 Å². The van der Waals surface area contributed by atoms with Crippen LogP contribution < -0.4 is 10.2 Å². The van der Waals surface area contributed by atoms with E-state index in [-0.39, 0.29) is 22.4 Å². The molecular weight excluding hydrogens is 280 g/mol. The van der Waals surface area contributed by atoms with Gasteiger partial charge >= 0.3 is 5.97 Å². The van der Waals surface area contributed by atoms with E-state index in [1.165, 1.54) is 6.07 Å². The standard InChI is InChI=1S/C14H17ClN2O3/c1-16-13(18)9-4-6-17(7-5-9)10-2-3-11(14(19)20)12(15)8-10/h2-3,8-9H,4-7H2,1H3,(H,16,18)(H,19,20). The third-order valence-corrected chi connectivity index (χ3v) is 3.97. The Labute approximate surface area is 122 Å². The number of aromatic carboxylic acids is 1. The van der Waals surface area contributed by atoms with E-state index in [2.05, 4.69) is 10.2 Å². The van der Waals surface area contributed by atoms with Gasteiger partial charge in [-0.2, -0.15) is 0 Å². The number of carbonyl (C=O) groups is 2. The smallest absolute Gasteiger partial charge is 0.337 e. The first-order chi connectivity index (χ1) is 9.52. The quantitative estimate of drug-likeness (QED) is 0.895. The van der Waals surface area contributed by atoms with E-state index in [4.69, 9.17) is 16.7 Å². The predicted octanol–water partition coefficient (Wildman–Crippen LogP) is 2.00. The van der Waals surface area contributed by atoms with Gasteiger partial charge in [-0.25, -0.2) is 4.79 Å². The number of amides is 1. The van der Waals surface area contributed by atoms with Crippen molar-refractivity contribution < 1.29 is 14.7 Å². The SMILES string of the molecule is CNC(=O)C1CCN(c2ccc(C(=O)O)c(Cl)c2)CC1. The minimum Gasteiger partial charge on any atom is -0.478 e. The Hall–Kier alpha value is -1.75. The lowest BCUT2D eigenvalue weighted by Crippen LogP contribution is -2.39. The highest BCUT2D eigenvalue weighted by Gasteiger charge is 2.24. The molecular formula is C14H17ClN2O3. The van der Waals surface area contributed by atoms with Gasteiger partial charge in [-0.3, -0.25) is 4.79 Å². The maximum Gasteiger partial charge on any atom is 0.337 e. The normalized spacial score (nSPS) is 16.0. The lowest BCUT2D eigenvalue weighted by Gasteiger charge is -2.33. The summed E-state index contributed by atoms with van der Waals surface area (Å²) in [6.45, 7) is 1.53. The van der Waals surface area contributed by atoms with Crippen molar-refractivity contribution in [1.29, 1.82) is 0 Å². The largest absolute Gasteiger partial charge is 0.478 e.